The fourth-order valence-corrected chi connectivity index (χ4v) is 1.03. The van der Waals surface area contributed by atoms with Gasteiger partial charge in [0, 0.05) is 12.5 Å². The molecule has 0 spiro atoms. The maximum atomic E-state index is 11.9. The zero-order chi connectivity index (χ0) is 8.97. The molecule has 0 aliphatic carbocycles. The molecule has 1 nitrogen and oxygen atoms in total. The van der Waals surface area contributed by atoms with Crippen molar-refractivity contribution < 1.29 is 8.78 Å². The van der Waals surface area contributed by atoms with E-state index in [9.17, 15) is 8.78 Å². The number of benzene rings is 1. The number of nitrogens with two attached hydrogens (primary N) is 1. The summed E-state index contributed by atoms with van der Waals surface area (Å²) in [5.74, 6) is 0. The van der Waals surface area contributed by atoms with Crippen molar-refractivity contribution in [2.24, 2.45) is 5.73 Å². The van der Waals surface area contributed by atoms with Crippen molar-refractivity contribution in [2.75, 3.05) is 0 Å². The summed E-state index contributed by atoms with van der Waals surface area (Å²) in [6.45, 7) is 0. The first-order valence-electron chi connectivity index (χ1n) is 3.79. The van der Waals surface area contributed by atoms with Crippen LogP contribution >= 0.6 is 12.4 Å². The number of hydrogen-bond acceptors (Lipinski definition) is 1. The molecule has 13 heavy (non-hydrogen) atoms. The van der Waals surface area contributed by atoms with E-state index in [2.05, 4.69) is 0 Å². The molecule has 0 aromatic heterocycles. The van der Waals surface area contributed by atoms with Gasteiger partial charge in [-0.25, -0.2) is 8.78 Å². The van der Waals surface area contributed by atoms with Gasteiger partial charge in [-0.05, 0) is 5.56 Å². The predicted octanol–water partition coefficient (Wildman–Crippen LogP) is 2.76. The maximum absolute atomic E-state index is 11.9. The molecule has 0 amide bonds. The van der Waals surface area contributed by atoms with E-state index < -0.39 is 12.5 Å². The smallest absolute Gasteiger partial charge is 0.240 e. The van der Waals surface area contributed by atoms with Crippen LogP contribution < -0.4 is 5.73 Å². The van der Waals surface area contributed by atoms with Gasteiger partial charge in [0.25, 0.3) is 0 Å². The van der Waals surface area contributed by atoms with Gasteiger partial charge >= 0.3 is 0 Å². The van der Waals surface area contributed by atoms with Crippen LogP contribution in [0.2, 0.25) is 0 Å². The first kappa shape index (κ1) is 12.3. The summed E-state index contributed by atoms with van der Waals surface area (Å²) < 4.78 is 23.8. The summed E-state index contributed by atoms with van der Waals surface area (Å²) in [5, 5.41) is 0. The van der Waals surface area contributed by atoms with E-state index in [1.807, 2.05) is 6.07 Å². The Morgan fingerprint density at radius 2 is 1.69 bits per heavy atom. The van der Waals surface area contributed by atoms with Crippen LogP contribution in [0.1, 0.15) is 18.0 Å². The lowest BCUT2D eigenvalue weighted by atomic mass is 10.1. The molecule has 0 heterocycles. The molecule has 0 fully saturated rings. The normalized spacial score (nSPS) is 12.3. The van der Waals surface area contributed by atoms with Crippen molar-refractivity contribution in [1.29, 1.82) is 0 Å². The molecule has 1 rings (SSSR count). The Morgan fingerprint density at radius 1 is 1.15 bits per heavy atom. The molecule has 0 radical (unpaired) electrons. The fraction of sp³-hybridized carbons (Fsp3) is 0.333. The Morgan fingerprint density at radius 3 is 2.15 bits per heavy atom. The van der Waals surface area contributed by atoms with Crippen molar-refractivity contribution in [3.8, 4) is 0 Å². The Bertz CT molecular complexity index is 228. The third kappa shape index (κ3) is 4.20. The zero-order valence-corrected chi connectivity index (χ0v) is 7.81. The standard InChI is InChI=1S/C9H11F2N.ClH/c10-9(11)6-8(12)7-4-2-1-3-5-7;/h1-5,8-9H,6,12H2;1H/t8-;/m0./s1. The minimum Gasteiger partial charge on any atom is -0.324 e. The average Bonchev–Trinajstić information content (AvgIpc) is 2.05. The van der Waals surface area contributed by atoms with E-state index in [-0.39, 0.29) is 18.8 Å². The molecule has 0 saturated carbocycles. The first-order chi connectivity index (χ1) is 5.70. The summed E-state index contributed by atoms with van der Waals surface area (Å²) in [6.07, 6.45) is -2.61. The van der Waals surface area contributed by atoms with E-state index in [0.29, 0.717) is 0 Å². The van der Waals surface area contributed by atoms with E-state index >= 15 is 0 Å². The molecule has 74 valence electrons. The first-order valence-corrected chi connectivity index (χ1v) is 3.79. The lowest BCUT2D eigenvalue weighted by Crippen LogP contribution is -2.13. The SMILES string of the molecule is Cl.N[C@@H](CC(F)F)c1ccccc1. The largest absolute Gasteiger partial charge is 0.324 e. The molecule has 0 aliphatic heterocycles. The summed E-state index contributed by atoms with van der Waals surface area (Å²) in [7, 11) is 0. The quantitative estimate of drug-likeness (QED) is 0.811. The molecule has 0 bridgehead atoms. The third-order valence-electron chi connectivity index (χ3n) is 1.66. The van der Waals surface area contributed by atoms with Gasteiger partial charge in [0.15, 0.2) is 0 Å². The Labute approximate surface area is 82.4 Å². The molecular formula is C9H12ClF2N. The topological polar surface area (TPSA) is 26.0 Å². The second-order valence-electron chi connectivity index (χ2n) is 2.64. The molecule has 2 N–H and O–H groups in total. The van der Waals surface area contributed by atoms with Crippen LogP contribution in [0.15, 0.2) is 30.3 Å². The van der Waals surface area contributed by atoms with Crippen molar-refractivity contribution in [1.82, 2.24) is 0 Å². The number of hydrogen-bond donors (Lipinski definition) is 1. The van der Waals surface area contributed by atoms with Crippen LogP contribution in [-0.2, 0) is 0 Å². The van der Waals surface area contributed by atoms with Crippen LogP contribution in [0.25, 0.3) is 0 Å². The van der Waals surface area contributed by atoms with Gasteiger partial charge in [-0.1, -0.05) is 30.3 Å². The average molecular weight is 208 g/mol. The summed E-state index contributed by atoms with van der Waals surface area (Å²) in [5.41, 5.74) is 6.28. The molecule has 0 aliphatic rings. The van der Waals surface area contributed by atoms with Gasteiger partial charge in [-0.15, -0.1) is 12.4 Å². The second-order valence-corrected chi connectivity index (χ2v) is 2.64. The molecular weight excluding hydrogens is 196 g/mol. The van der Waals surface area contributed by atoms with Crippen LogP contribution in [-0.4, -0.2) is 6.43 Å². The molecule has 0 saturated heterocycles. The van der Waals surface area contributed by atoms with Gasteiger partial charge in [0.05, 0.1) is 0 Å². The van der Waals surface area contributed by atoms with Gasteiger partial charge in [0.1, 0.15) is 0 Å². The fourth-order valence-electron chi connectivity index (χ4n) is 1.03. The predicted molar refractivity (Wildman–Crippen MR) is 51.2 cm³/mol. The minimum atomic E-state index is -2.33. The van der Waals surface area contributed by atoms with Gasteiger partial charge in [0.2, 0.25) is 6.43 Å². The van der Waals surface area contributed by atoms with Crippen molar-refractivity contribution in [3.05, 3.63) is 35.9 Å². The summed E-state index contributed by atoms with van der Waals surface area (Å²) in [4.78, 5) is 0. The summed E-state index contributed by atoms with van der Waals surface area (Å²) in [6, 6.07) is 8.38. The highest BCUT2D eigenvalue weighted by Gasteiger charge is 2.11. The Kier molecular flexibility index (Phi) is 5.58. The number of rotatable bonds is 3. The number of alkyl halides is 2. The highest BCUT2D eigenvalue weighted by Crippen LogP contribution is 2.16. The maximum Gasteiger partial charge on any atom is 0.240 e. The molecule has 1 aromatic carbocycles. The molecule has 0 unspecified atom stereocenters. The van der Waals surface area contributed by atoms with Crippen LogP contribution in [0.4, 0.5) is 8.78 Å². The van der Waals surface area contributed by atoms with Gasteiger partial charge in [-0.2, -0.15) is 0 Å². The van der Waals surface area contributed by atoms with Gasteiger partial charge < -0.3 is 5.73 Å². The van der Waals surface area contributed by atoms with Gasteiger partial charge in [-0.3, -0.25) is 0 Å². The molecule has 1 atom stereocenters. The monoisotopic (exact) mass is 207 g/mol. The zero-order valence-electron chi connectivity index (χ0n) is 6.99. The summed E-state index contributed by atoms with van der Waals surface area (Å²) >= 11 is 0. The highest BCUT2D eigenvalue weighted by atomic mass is 35.5. The Balaban J connectivity index is 0.00000144. The second kappa shape index (κ2) is 5.89. The number of halogens is 3. The van der Waals surface area contributed by atoms with Crippen LogP contribution in [0, 0.1) is 0 Å². The third-order valence-corrected chi connectivity index (χ3v) is 1.66. The van der Waals surface area contributed by atoms with Crippen LogP contribution in [0.5, 0.6) is 0 Å². The van der Waals surface area contributed by atoms with Crippen LogP contribution in [0.3, 0.4) is 0 Å². The molecule has 1 aromatic rings. The highest BCUT2D eigenvalue weighted by molar-refractivity contribution is 5.85. The lowest BCUT2D eigenvalue weighted by molar-refractivity contribution is 0.128. The van der Waals surface area contributed by atoms with Crippen molar-refractivity contribution >= 4 is 12.4 Å². The van der Waals surface area contributed by atoms with Crippen molar-refractivity contribution in [3.63, 3.8) is 0 Å². The van der Waals surface area contributed by atoms with E-state index in [0.717, 1.165) is 5.56 Å². The van der Waals surface area contributed by atoms with E-state index in [4.69, 9.17) is 5.73 Å². The minimum absolute atomic E-state index is 0. The lowest BCUT2D eigenvalue weighted by Gasteiger charge is -2.10. The van der Waals surface area contributed by atoms with Crippen molar-refractivity contribution in [2.45, 2.75) is 18.9 Å². The Hall–Kier alpha value is -0.670. The van der Waals surface area contributed by atoms with E-state index in [1.165, 1.54) is 0 Å². The molecule has 4 heteroatoms. The van der Waals surface area contributed by atoms with E-state index in [1.54, 1.807) is 24.3 Å².